The van der Waals surface area contributed by atoms with E-state index in [4.69, 9.17) is 4.74 Å². The van der Waals surface area contributed by atoms with E-state index in [-0.39, 0.29) is 12.3 Å². The Balaban J connectivity index is 1.13. The quantitative estimate of drug-likeness (QED) is 0.480. The van der Waals surface area contributed by atoms with Crippen molar-refractivity contribution in [3.05, 3.63) is 22.5 Å². The highest BCUT2D eigenvalue weighted by Crippen LogP contribution is 2.32. The summed E-state index contributed by atoms with van der Waals surface area (Å²) in [5.74, 6) is -1.93. The Morgan fingerprint density at radius 1 is 1.29 bits per heavy atom. The Kier molecular flexibility index (Phi) is 8.59. The zero-order valence-corrected chi connectivity index (χ0v) is 21.3. The summed E-state index contributed by atoms with van der Waals surface area (Å²) in [6, 6.07) is 0. The van der Waals surface area contributed by atoms with Gasteiger partial charge in [-0.05, 0) is 56.9 Å². The Morgan fingerprint density at radius 2 is 2.06 bits per heavy atom. The van der Waals surface area contributed by atoms with Crippen molar-refractivity contribution in [1.82, 2.24) is 24.9 Å². The number of ether oxygens (including phenoxy) is 1. The Hall–Kier alpha value is -2.27. The summed E-state index contributed by atoms with van der Waals surface area (Å²) in [6.45, 7) is 3.21. The van der Waals surface area contributed by atoms with Gasteiger partial charge in [0, 0.05) is 44.6 Å². The molecule has 11 heteroatoms. The van der Waals surface area contributed by atoms with Crippen molar-refractivity contribution in [3.63, 3.8) is 0 Å². The average molecular weight is 509 g/mol. The Labute approximate surface area is 208 Å². The van der Waals surface area contributed by atoms with Crippen LogP contribution in [0.5, 0.6) is 5.19 Å². The zero-order valence-electron chi connectivity index (χ0n) is 20.5. The highest BCUT2D eigenvalue weighted by atomic mass is 32.1. The predicted molar refractivity (Wildman–Crippen MR) is 130 cm³/mol. The molecule has 0 atom stereocenters. The molecule has 0 bridgehead atoms. The summed E-state index contributed by atoms with van der Waals surface area (Å²) >= 11 is 1.41. The second-order valence-electron chi connectivity index (χ2n) is 9.79. The van der Waals surface area contributed by atoms with Crippen molar-refractivity contribution in [2.24, 2.45) is 23.9 Å². The summed E-state index contributed by atoms with van der Waals surface area (Å²) in [5.41, 5.74) is 1.65. The minimum Gasteiger partial charge on any atom is -0.464 e. The number of fused-ring (bicyclic) bond motifs is 1. The van der Waals surface area contributed by atoms with Gasteiger partial charge in [-0.1, -0.05) is 11.3 Å². The highest BCUT2D eigenvalue weighted by molar-refractivity contribution is 7.13. The van der Waals surface area contributed by atoms with Crippen molar-refractivity contribution in [2.75, 3.05) is 26.2 Å². The third kappa shape index (κ3) is 8.13. The molecule has 0 spiro atoms. The van der Waals surface area contributed by atoms with Crippen molar-refractivity contribution < 1.29 is 18.3 Å². The number of aromatic nitrogens is 4. The van der Waals surface area contributed by atoms with Crippen LogP contribution in [-0.4, -0.2) is 69.2 Å². The largest absolute Gasteiger partial charge is 0.464 e. The van der Waals surface area contributed by atoms with Gasteiger partial charge >= 0.3 is 0 Å². The maximum absolute atomic E-state index is 13.0. The number of amides is 1. The first-order valence-corrected chi connectivity index (χ1v) is 13.2. The minimum atomic E-state index is -2.85. The van der Waals surface area contributed by atoms with Crippen LogP contribution >= 0.6 is 11.3 Å². The van der Waals surface area contributed by atoms with E-state index in [1.807, 2.05) is 6.21 Å². The van der Waals surface area contributed by atoms with E-state index in [0.29, 0.717) is 22.7 Å². The van der Waals surface area contributed by atoms with Crippen LogP contribution in [0.4, 0.5) is 8.78 Å². The van der Waals surface area contributed by atoms with E-state index in [2.05, 4.69) is 25.1 Å². The lowest BCUT2D eigenvalue weighted by Gasteiger charge is -2.28. The van der Waals surface area contributed by atoms with Gasteiger partial charge in [0.2, 0.25) is 0 Å². The Bertz CT molecular complexity index is 985. The average Bonchev–Trinajstić information content (AvgIpc) is 3.36. The summed E-state index contributed by atoms with van der Waals surface area (Å²) in [6.07, 6.45) is 11.0. The third-order valence-electron chi connectivity index (χ3n) is 6.68. The number of nitrogens with zero attached hydrogens (tertiary/aromatic N) is 6. The number of hydrogen-bond donors (Lipinski definition) is 0. The Morgan fingerprint density at radius 3 is 2.77 bits per heavy atom. The molecule has 35 heavy (non-hydrogen) atoms. The molecule has 0 N–H and O–H groups in total. The molecule has 3 heterocycles. The lowest BCUT2D eigenvalue weighted by molar-refractivity contribution is -0.117. The topological polar surface area (TPSA) is 85.5 Å². The first-order chi connectivity index (χ1) is 16.7. The molecular formula is C24H34F2N6O2S. The molecule has 2 aliphatic rings. The van der Waals surface area contributed by atoms with Crippen molar-refractivity contribution in [2.45, 2.75) is 64.2 Å². The standard InChI is InChI=1S/C24H34F2N6O2S/c1-24(25,26)16-34-23-29-20-8-11-32(12-9-21(20)35-23)10-7-17-3-5-18(6-4-17)14-27-22(33)13-19-15-28-31(2)30-19/h14-15,17-18H,3-13,16H2,1-2H3/b27-14+. The molecule has 1 amide bonds. The maximum Gasteiger partial charge on any atom is 0.278 e. The number of hydrogen-bond acceptors (Lipinski definition) is 7. The van der Waals surface area contributed by atoms with Crippen LogP contribution < -0.4 is 4.74 Å². The number of thiazole rings is 1. The molecule has 1 aliphatic carbocycles. The second-order valence-corrected chi connectivity index (χ2v) is 10.8. The number of carbonyl (C=O) groups excluding carboxylic acids is 1. The number of aliphatic imine (C=N–C) groups is 1. The number of aryl methyl sites for hydroxylation is 1. The monoisotopic (exact) mass is 508 g/mol. The highest BCUT2D eigenvalue weighted by Gasteiger charge is 2.25. The lowest BCUT2D eigenvalue weighted by Crippen LogP contribution is -2.29. The van der Waals surface area contributed by atoms with Crippen LogP contribution in [0, 0.1) is 11.8 Å². The molecule has 0 saturated heterocycles. The van der Waals surface area contributed by atoms with Gasteiger partial charge < -0.3 is 9.64 Å². The van der Waals surface area contributed by atoms with E-state index >= 15 is 0 Å². The van der Waals surface area contributed by atoms with Gasteiger partial charge in [-0.2, -0.15) is 15.0 Å². The molecule has 1 fully saturated rings. The summed E-state index contributed by atoms with van der Waals surface area (Å²) in [7, 11) is 1.73. The fourth-order valence-corrected chi connectivity index (χ4v) is 5.65. The van der Waals surface area contributed by atoms with Gasteiger partial charge in [-0.25, -0.2) is 18.8 Å². The van der Waals surface area contributed by atoms with Crippen LogP contribution in [0.1, 0.15) is 55.3 Å². The molecule has 0 aromatic carbocycles. The van der Waals surface area contributed by atoms with Crippen LogP contribution in [0.3, 0.4) is 0 Å². The van der Waals surface area contributed by atoms with Crippen LogP contribution in [0.25, 0.3) is 0 Å². The normalized spacial score (nSPS) is 21.7. The van der Waals surface area contributed by atoms with Gasteiger partial charge in [0.1, 0.15) is 0 Å². The molecule has 1 saturated carbocycles. The van der Waals surface area contributed by atoms with Gasteiger partial charge in [0.25, 0.3) is 17.0 Å². The molecule has 8 nitrogen and oxygen atoms in total. The van der Waals surface area contributed by atoms with Crippen molar-refractivity contribution >= 4 is 23.5 Å². The predicted octanol–water partition coefficient (Wildman–Crippen LogP) is 3.74. The van der Waals surface area contributed by atoms with Crippen molar-refractivity contribution in [1.29, 1.82) is 0 Å². The molecule has 2 aromatic rings. The van der Waals surface area contributed by atoms with E-state index in [1.165, 1.54) is 35.4 Å². The van der Waals surface area contributed by atoms with E-state index < -0.39 is 12.5 Å². The molecule has 0 radical (unpaired) electrons. The fourth-order valence-electron chi connectivity index (χ4n) is 4.71. The minimum absolute atomic E-state index is 0.168. The number of halogens is 2. The first-order valence-electron chi connectivity index (χ1n) is 12.4. The zero-order chi connectivity index (χ0) is 24.8. The number of alkyl halides is 2. The third-order valence-corrected chi connectivity index (χ3v) is 7.75. The van der Waals surface area contributed by atoms with E-state index in [1.54, 1.807) is 13.2 Å². The van der Waals surface area contributed by atoms with Gasteiger partial charge in [0.05, 0.1) is 24.0 Å². The van der Waals surface area contributed by atoms with Crippen LogP contribution in [0.2, 0.25) is 0 Å². The molecule has 0 unspecified atom stereocenters. The fraction of sp³-hybridized carbons (Fsp3) is 0.708. The van der Waals surface area contributed by atoms with Crippen molar-refractivity contribution in [3.8, 4) is 5.19 Å². The second kappa shape index (κ2) is 11.6. The van der Waals surface area contributed by atoms with E-state index in [9.17, 15) is 13.6 Å². The summed E-state index contributed by atoms with van der Waals surface area (Å²) in [4.78, 5) is 25.8. The van der Waals surface area contributed by atoms with Crippen LogP contribution in [0.15, 0.2) is 11.2 Å². The first kappa shape index (κ1) is 25.8. The molecule has 1 aliphatic heterocycles. The molecule has 4 rings (SSSR count). The van der Waals surface area contributed by atoms with Gasteiger partial charge in [-0.3, -0.25) is 4.79 Å². The number of carbonyl (C=O) groups is 1. The van der Waals surface area contributed by atoms with Gasteiger partial charge in [-0.15, -0.1) is 0 Å². The smallest absolute Gasteiger partial charge is 0.278 e. The summed E-state index contributed by atoms with van der Waals surface area (Å²) in [5, 5.41) is 8.46. The molecule has 2 aromatic heterocycles. The summed E-state index contributed by atoms with van der Waals surface area (Å²) < 4.78 is 31.3. The molecule has 192 valence electrons. The lowest BCUT2D eigenvalue weighted by atomic mass is 9.81. The van der Waals surface area contributed by atoms with Gasteiger partial charge in [0.15, 0.2) is 6.61 Å². The SMILES string of the molecule is Cn1ncc(CC(=O)/N=C/C2CCC(CCN3CCc4nc(OCC(C)(F)F)sc4CC3)CC2)n1. The maximum atomic E-state index is 13.0. The van der Waals surface area contributed by atoms with Crippen LogP contribution in [-0.2, 0) is 31.1 Å². The van der Waals surface area contributed by atoms with E-state index in [0.717, 1.165) is 62.8 Å². The number of rotatable bonds is 9. The molecular weight excluding hydrogens is 474 g/mol.